The molecule has 0 bridgehead atoms. The molecular weight excluding hydrogens is 318 g/mol. The summed E-state index contributed by atoms with van der Waals surface area (Å²) in [5, 5.41) is 5.88. The van der Waals surface area contributed by atoms with Gasteiger partial charge in [0, 0.05) is 18.0 Å². The third-order valence-electron chi connectivity index (χ3n) is 3.99. The zero-order valence-corrected chi connectivity index (χ0v) is 14.2. The third-order valence-corrected chi connectivity index (χ3v) is 3.99. The van der Waals surface area contributed by atoms with E-state index in [1.54, 1.807) is 31.5 Å². The average Bonchev–Trinajstić information content (AvgIpc) is 2.92. The first-order chi connectivity index (χ1) is 12.1. The predicted molar refractivity (Wildman–Crippen MR) is 94.2 cm³/mol. The molecule has 1 aromatic heterocycles. The van der Waals surface area contributed by atoms with Crippen molar-refractivity contribution in [1.82, 2.24) is 4.98 Å². The average molecular weight is 337 g/mol. The molecule has 0 N–H and O–H groups in total. The summed E-state index contributed by atoms with van der Waals surface area (Å²) in [5.41, 5.74) is 3.04. The van der Waals surface area contributed by atoms with Crippen LogP contribution in [0.4, 0.5) is 5.69 Å². The van der Waals surface area contributed by atoms with Crippen molar-refractivity contribution in [3.8, 4) is 0 Å². The van der Waals surface area contributed by atoms with Crippen LogP contribution in [0.1, 0.15) is 25.0 Å². The van der Waals surface area contributed by atoms with Gasteiger partial charge in [-0.1, -0.05) is 12.1 Å². The largest absolute Gasteiger partial charge is 0.466 e. The van der Waals surface area contributed by atoms with E-state index in [1.165, 1.54) is 5.01 Å². The number of esters is 1. The summed E-state index contributed by atoms with van der Waals surface area (Å²) in [6.07, 6.45) is 3.60. The SMILES string of the molecule is CCOC(=O)Cc1ccc(N2N=C(c3cccnc3)C(C)C2=O)cc1. The van der Waals surface area contributed by atoms with Crippen LogP contribution in [0.2, 0.25) is 0 Å². The second-order valence-electron chi connectivity index (χ2n) is 5.75. The number of benzene rings is 1. The van der Waals surface area contributed by atoms with Crippen molar-refractivity contribution in [2.45, 2.75) is 20.3 Å². The van der Waals surface area contributed by atoms with Crippen molar-refractivity contribution < 1.29 is 14.3 Å². The second-order valence-corrected chi connectivity index (χ2v) is 5.75. The van der Waals surface area contributed by atoms with Gasteiger partial charge in [0.1, 0.15) is 0 Å². The molecule has 128 valence electrons. The van der Waals surface area contributed by atoms with Gasteiger partial charge in [0.25, 0.3) is 5.91 Å². The summed E-state index contributed by atoms with van der Waals surface area (Å²) in [5.74, 6) is -0.682. The molecule has 0 spiro atoms. The highest BCUT2D eigenvalue weighted by atomic mass is 16.5. The number of pyridine rings is 1. The van der Waals surface area contributed by atoms with Gasteiger partial charge in [0.05, 0.1) is 30.3 Å². The summed E-state index contributed by atoms with van der Waals surface area (Å²) in [4.78, 5) is 28.2. The van der Waals surface area contributed by atoms with Crippen LogP contribution in [0.5, 0.6) is 0 Å². The fourth-order valence-electron chi connectivity index (χ4n) is 2.68. The van der Waals surface area contributed by atoms with Crippen molar-refractivity contribution in [3.63, 3.8) is 0 Å². The maximum Gasteiger partial charge on any atom is 0.310 e. The van der Waals surface area contributed by atoms with Gasteiger partial charge in [0.2, 0.25) is 0 Å². The van der Waals surface area contributed by atoms with E-state index in [4.69, 9.17) is 4.74 Å². The number of ether oxygens (including phenoxy) is 1. The number of hydrogen-bond acceptors (Lipinski definition) is 5. The lowest BCUT2D eigenvalue weighted by Gasteiger charge is -2.13. The van der Waals surface area contributed by atoms with Gasteiger partial charge in [-0.3, -0.25) is 14.6 Å². The molecule has 2 aromatic rings. The lowest BCUT2D eigenvalue weighted by atomic mass is 10.0. The van der Waals surface area contributed by atoms with Crippen LogP contribution in [0.25, 0.3) is 0 Å². The van der Waals surface area contributed by atoms with E-state index >= 15 is 0 Å². The Hall–Kier alpha value is -3.02. The van der Waals surface area contributed by atoms with Crippen molar-refractivity contribution in [2.24, 2.45) is 11.0 Å². The predicted octanol–water partition coefficient (Wildman–Crippen LogP) is 2.57. The molecule has 1 unspecified atom stereocenters. The molecule has 1 aliphatic rings. The highest BCUT2D eigenvalue weighted by Crippen LogP contribution is 2.26. The Morgan fingerprint density at radius 2 is 2.00 bits per heavy atom. The number of carbonyl (C=O) groups is 2. The minimum Gasteiger partial charge on any atom is -0.466 e. The monoisotopic (exact) mass is 337 g/mol. The molecule has 0 saturated carbocycles. The van der Waals surface area contributed by atoms with E-state index in [-0.39, 0.29) is 24.2 Å². The quantitative estimate of drug-likeness (QED) is 0.786. The first-order valence-corrected chi connectivity index (χ1v) is 8.17. The first kappa shape index (κ1) is 16.8. The lowest BCUT2D eigenvalue weighted by Crippen LogP contribution is -2.25. The van der Waals surface area contributed by atoms with E-state index < -0.39 is 0 Å². The molecule has 6 nitrogen and oxygen atoms in total. The van der Waals surface area contributed by atoms with Crippen LogP contribution >= 0.6 is 0 Å². The normalized spacial score (nSPS) is 16.7. The zero-order valence-electron chi connectivity index (χ0n) is 14.2. The van der Waals surface area contributed by atoms with Gasteiger partial charge >= 0.3 is 5.97 Å². The van der Waals surface area contributed by atoms with Crippen LogP contribution in [-0.2, 0) is 20.7 Å². The fraction of sp³-hybridized carbons (Fsp3) is 0.263. The van der Waals surface area contributed by atoms with E-state index in [1.807, 2.05) is 31.2 Å². The topological polar surface area (TPSA) is 71.9 Å². The molecule has 0 radical (unpaired) electrons. The summed E-state index contributed by atoms with van der Waals surface area (Å²) < 4.78 is 4.94. The molecule has 1 aliphatic heterocycles. The van der Waals surface area contributed by atoms with E-state index in [0.29, 0.717) is 18.0 Å². The summed E-state index contributed by atoms with van der Waals surface area (Å²) in [6.45, 7) is 3.98. The van der Waals surface area contributed by atoms with Crippen molar-refractivity contribution in [1.29, 1.82) is 0 Å². The van der Waals surface area contributed by atoms with Gasteiger partial charge < -0.3 is 4.74 Å². The van der Waals surface area contributed by atoms with Crippen molar-refractivity contribution in [3.05, 3.63) is 59.9 Å². The number of hydrazone groups is 1. The molecule has 0 saturated heterocycles. The number of amides is 1. The third kappa shape index (κ3) is 3.57. The molecule has 1 amide bonds. The van der Waals surface area contributed by atoms with Crippen molar-refractivity contribution >= 4 is 23.3 Å². The Morgan fingerprint density at radius 1 is 1.24 bits per heavy atom. The Balaban J connectivity index is 1.80. The summed E-state index contributed by atoms with van der Waals surface area (Å²) in [7, 11) is 0. The number of nitrogens with zero attached hydrogens (tertiary/aromatic N) is 3. The Labute approximate surface area is 146 Å². The maximum absolute atomic E-state index is 12.6. The summed E-state index contributed by atoms with van der Waals surface area (Å²) >= 11 is 0. The van der Waals surface area contributed by atoms with Gasteiger partial charge in [-0.15, -0.1) is 0 Å². The minimum absolute atomic E-state index is 0.0861. The van der Waals surface area contributed by atoms with Gasteiger partial charge in [-0.25, -0.2) is 0 Å². The number of rotatable bonds is 5. The molecule has 2 heterocycles. The molecule has 6 heteroatoms. The van der Waals surface area contributed by atoms with Crippen LogP contribution in [-0.4, -0.2) is 29.2 Å². The molecule has 3 rings (SSSR count). The smallest absolute Gasteiger partial charge is 0.310 e. The Kier molecular flexibility index (Phi) is 4.88. The lowest BCUT2D eigenvalue weighted by molar-refractivity contribution is -0.142. The van der Waals surface area contributed by atoms with Crippen LogP contribution in [0, 0.1) is 5.92 Å². The second kappa shape index (κ2) is 7.25. The Bertz CT molecular complexity index is 800. The van der Waals surface area contributed by atoms with E-state index in [2.05, 4.69) is 10.1 Å². The van der Waals surface area contributed by atoms with Gasteiger partial charge in [-0.2, -0.15) is 10.1 Å². The number of carbonyl (C=O) groups excluding carboxylic acids is 2. The number of aromatic nitrogens is 1. The number of anilines is 1. The molecule has 0 fully saturated rings. The standard InChI is InChI=1S/C19H19N3O3/c1-3-25-17(23)11-14-6-8-16(9-7-14)22-19(24)13(2)18(21-22)15-5-4-10-20-12-15/h4-10,12-13H,3,11H2,1-2H3. The molecule has 1 atom stereocenters. The van der Waals surface area contributed by atoms with E-state index in [9.17, 15) is 9.59 Å². The van der Waals surface area contributed by atoms with Gasteiger partial charge in [-0.05, 0) is 43.7 Å². The summed E-state index contributed by atoms with van der Waals surface area (Å²) in [6, 6.07) is 10.9. The Morgan fingerprint density at radius 3 is 2.64 bits per heavy atom. The fourth-order valence-corrected chi connectivity index (χ4v) is 2.68. The maximum atomic E-state index is 12.6. The first-order valence-electron chi connectivity index (χ1n) is 8.17. The van der Waals surface area contributed by atoms with Gasteiger partial charge in [0.15, 0.2) is 0 Å². The van der Waals surface area contributed by atoms with Crippen LogP contribution in [0.3, 0.4) is 0 Å². The van der Waals surface area contributed by atoms with E-state index in [0.717, 1.165) is 11.1 Å². The molecule has 25 heavy (non-hydrogen) atoms. The zero-order chi connectivity index (χ0) is 17.8. The number of hydrogen-bond donors (Lipinski definition) is 0. The van der Waals surface area contributed by atoms with Crippen LogP contribution in [0.15, 0.2) is 53.9 Å². The van der Waals surface area contributed by atoms with Crippen molar-refractivity contribution in [2.75, 3.05) is 11.6 Å². The highest BCUT2D eigenvalue weighted by molar-refractivity contribution is 6.21. The molecule has 1 aromatic carbocycles. The molecular formula is C19H19N3O3. The minimum atomic E-state index is -0.330. The highest BCUT2D eigenvalue weighted by Gasteiger charge is 2.34. The molecule has 0 aliphatic carbocycles. The van der Waals surface area contributed by atoms with Crippen LogP contribution < -0.4 is 5.01 Å².